The Morgan fingerprint density at radius 2 is 1.00 bits per heavy atom. The molecule has 92 valence electrons. The highest BCUT2D eigenvalue weighted by Crippen LogP contribution is 2.30. The number of hydrogen-bond acceptors (Lipinski definition) is 3. The van der Waals surface area contributed by atoms with Crippen LogP contribution >= 0.6 is 23.5 Å². The molecule has 0 aromatic heterocycles. The van der Waals surface area contributed by atoms with E-state index in [2.05, 4.69) is 60.7 Å². The molecule has 0 radical (unpaired) electrons. The third-order valence-corrected chi connectivity index (χ3v) is 3.92. The Kier molecular flexibility index (Phi) is 6.09. The van der Waals surface area contributed by atoms with Gasteiger partial charge >= 0.3 is 0 Å². The first-order chi connectivity index (χ1) is 6.49. The molecule has 0 saturated heterocycles. The zero-order valence-corrected chi connectivity index (χ0v) is 13.1. The van der Waals surface area contributed by atoms with Crippen molar-refractivity contribution < 1.29 is 0 Å². The molecule has 0 heterocycles. The largest absolute Gasteiger partial charge is 0.294 e. The monoisotopic (exact) mass is 249 g/mol. The molecular weight excluding hydrogens is 222 g/mol. The quantitative estimate of drug-likeness (QED) is 0.745. The van der Waals surface area contributed by atoms with Crippen LogP contribution in [0, 0.1) is 0 Å². The number of nitrogens with one attached hydrogen (secondary N) is 1. The second-order valence-corrected chi connectivity index (χ2v) is 10.2. The average molecular weight is 249 g/mol. The maximum absolute atomic E-state index is 3.62. The van der Waals surface area contributed by atoms with Gasteiger partial charge in [-0.3, -0.25) is 5.32 Å². The van der Waals surface area contributed by atoms with Crippen molar-refractivity contribution in [3.8, 4) is 0 Å². The van der Waals surface area contributed by atoms with Crippen LogP contribution in [-0.4, -0.2) is 20.2 Å². The van der Waals surface area contributed by atoms with E-state index < -0.39 is 0 Å². The van der Waals surface area contributed by atoms with E-state index in [1.165, 1.54) is 0 Å². The lowest BCUT2D eigenvalue weighted by atomic mass is 10.3. The van der Waals surface area contributed by atoms with Crippen molar-refractivity contribution in [2.75, 3.05) is 0 Å². The first kappa shape index (κ1) is 15.7. The van der Waals surface area contributed by atoms with E-state index in [1.807, 2.05) is 23.5 Å². The molecule has 0 bridgehead atoms. The maximum atomic E-state index is 3.62. The molecule has 0 aliphatic heterocycles. The molecule has 0 spiro atoms. The first-order valence-corrected chi connectivity index (χ1v) is 7.37. The van der Waals surface area contributed by atoms with Gasteiger partial charge in [0.2, 0.25) is 0 Å². The Hall–Kier alpha value is 0.660. The minimum absolute atomic E-state index is 0.332. The Bertz CT molecular complexity index is 159. The Labute approximate surface area is 105 Å². The normalized spacial score (nSPS) is 17.6. The van der Waals surface area contributed by atoms with Crippen LogP contribution in [0.2, 0.25) is 0 Å². The number of hydrogen-bond donors (Lipinski definition) is 1. The Morgan fingerprint density at radius 1 is 0.733 bits per heavy atom. The summed E-state index contributed by atoms with van der Waals surface area (Å²) in [6.45, 7) is 18.1. The maximum Gasteiger partial charge on any atom is 0.0517 e. The van der Waals surface area contributed by atoms with Gasteiger partial charge in [-0.2, -0.15) is 0 Å². The third-order valence-electron chi connectivity index (χ3n) is 1.53. The summed E-state index contributed by atoms with van der Waals surface area (Å²) in [5.41, 5.74) is 0. The summed E-state index contributed by atoms with van der Waals surface area (Å²) < 4.78 is 0.664. The highest BCUT2D eigenvalue weighted by molar-refractivity contribution is 8.02. The van der Waals surface area contributed by atoms with Gasteiger partial charge in [-0.1, -0.05) is 41.5 Å². The van der Waals surface area contributed by atoms with Crippen molar-refractivity contribution in [1.82, 2.24) is 5.32 Å². The molecule has 2 unspecified atom stereocenters. The minimum atomic E-state index is 0.332. The molecule has 1 N–H and O–H groups in total. The second kappa shape index (κ2) is 5.83. The van der Waals surface area contributed by atoms with E-state index in [9.17, 15) is 0 Å². The van der Waals surface area contributed by atoms with E-state index in [1.54, 1.807) is 0 Å². The van der Waals surface area contributed by atoms with Crippen molar-refractivity contribution in [3.63, 3.8) is 0 Å². The minimum Gasteiger partial charge on any atom is -0.294 e. The summed E-state index contributed by atoms with van der Waals surface area (Å²) >= 11 is 3.97. The van der Waals surface area contributed by atoms with Gasteiger partial charge in [0.05, 0.1) is 10.7 Å². The fourth-order valence-electron chi connectivity index (χ4n) is 1.46. The van der Waals surface area contributed by atoms with Crippen molar-refractivity contribution >= 4 is 23.5 Å². The van der Waals surface area contributed by atoms with Crippen LogP contribution in [0.15, 0.2) is 0 Å². The number of thioether (sulfide) groups is 2. The molecule has 3 heteroatoms. The highest BCUT2D eigenvalue weighted by Gasteiger charge is 2.20. The van der Waals surface area contributed by atoms with Gasteiger partial charge < -0.3 is 0 Å². The summed E-state index contributed by atoms with van der Waals surface area (Å²) in [5, 5.41) is 4.64. The van der Waals surface area contributed by atoms with Crippen LogP contribution < -0.4 is 5.32 Å². The fourth-order valence-corrected chi connectivity index (χ4v) is 4.21. The molecule has 15 heavy (non-hydrogen) atoms. The molecule has 2 atom stereocenters. The number of rotatable bonds is 4. The molecule has 0 rings (SSSR count). The van der Waals surface area contributed by atoms with E-state index >= 15 is 0 Å². The van der Waals surface area contributed by atoms with Gasteiger partial charge in [-0.15, -0.1) is 23.5 Å². The van der Waals surface area contributed by atoms with Gasteiger partial charge in [-0.05, 0) is 13.8 Å². The summed E-state index contributed by atoms with van der Waals surface area (Å²) in [6.07, 6.45) is 0. The molecule has 0 amide bonds. The van der Waals surface area contributed by atoms with Gasteiger partial charge in [0.25, 0.3) is 0 Å². The van der Waals surface area contributed by atoms with Crippen LogP contribution in [0.1, 0.15) is 55.4 Å². The molecule has 1 nitrogen and oxygen atoms in total. The summed E-state index contributed by atoms with van der Waals surface area (Å²) in [6, 6.07) is 0. The first-order valence-electron chi connectivity index (χ1n) is 5.61. The lowest BCUT2D eigenvalue weighted by Crippen LogP contribution is -2.35. The predicted octanol–water partition coefficient (Wildman–Crippen LogP) is 4.33. The van der Waals surface area contributed by atoms with E-state index in [0.717, 1.165) is 0 Å². The smallest absolute Gasteiger partial charge is 0.0517 e. The van der Waals surface area contributed by atoms with Crippen molar-refractivity contribution in [1.29, 1.82) is 0 Å². The molecule has 0 aliphatic rings. The van der Waals surface area contributed by atoms with Gasteiger partial charge in [-0.25, -0.2) is 0 Å². The molecular formula is C12H27NS2. The van der Waals surface area contributed by atoms with Crippen molar-refractivity contribution in [2.45, 2.75) is 75.6 Å². The highest BCUT2D eigenvalue weighted by atomic mass is 32.2. The lowest BCUT2D eigenvalue weighted by Gasteiger charge is -2.29. The van der Waals surface area contributed by atoms with Crippen molar-refractivity contribution in [3.05, 3.63) is 0 Å². The van der Waals surface area contributed by atoms with E-state index in [-0.39, 0.29) is 0 Å². The van der Waals surface area contributed by atoms with Crippen LogP contribution in [-0.2, 0) is 0 Å². The second-order valence-electron chi connectivity index (χ2n) is 5.91. The summed E-state index contributed by atoms with van der Waals surface area (Å²) in [4.78, 5) is 0. The third kappa shape index (κ3) is 10.9. The van der Waals surface area contributed by atoms with Gasteiger partial charge in [0.15, 0.2) is 0 Å². The Morgan fingerprint density at radius 3 is 1.20 bits per heavy atom. The lowest BCUT2D eigenvalue weighted by molar-refractivity contribution is 0.659. The zero-order valence-electron chi connectivity index (χ0n) is 11.5. The van der Waals surface area contributed by atoms with Crippen LogP contribution in [0.4, 0.5) is 0 Å². The van der Waals surface area contributed by atoms with E-state index in [4.69, 9.17) is 0 Å². The van der Waals surface area contributed by atoms with Crippen LogP contribution in [0.3, 0.4) is 0 Å². The van der Waals surface area contributed by atoms with Gasteiger partial charge in [0.1, 0.15) is 0 Å². The fraction of sp³-hybridized carbons (Fsp3) is 1.00. The van der Waals surface area contributed by atoms with Crippen molar-refractivity contribution in [2.24, 2.45) is 0 Å². The SMILES string of the molecule is CC(NC(C)SC(C)(C)C)SC(C)(C)C. The standard InChI is InChI=1S/C12H27NS2/c1-9(14-11(3,4)5)13-10(2)15-12(6,7)8/h9-10,13H,1-8H3. The zero-order chi connectivity index (χ0) is 12.3. The van der Waals surface area contributed by atoms with Crippen LogP contribution in [0.25, 0.3) is 0 Å². The predicted molar refractivity (Wildman–Crippen MR) is 76.7 cm³/mol. The van der Waals surface area contributed by atoms with Gasteiger partial charge in [0, 0.05) is 9.49 Å². The molecule has 0 aliphatic carbocycles. The molecule has 0 saturated carbocycles. The average Bonchev–Trinajstić information content (AvgIpc) is 1.73. The molecule has 0 aromatic carbocycles. The van der Waals surface area contributed by atoms with E-state index in [0.29, 0.717) is 20.2 Å². The summed E-state index contributed by atoms with van der Waals surface area (Å²) in [5.74, 6) is 0. The molecule has 0 fully saturated rings. The topological polar surface area (TPSA) is 12.0 Å². The van der Waals surface area contributed by atoms with Crippen LogP contribution in [0.5, 0.6) is 0 Å². The Balaban J connectivity index is 3.92. The molecule has 0 aromatic rings. The summed E-state index contributed by atoms with van der Waals surface area (Å²) in [7, 11) is 0.